The van der Waals surface area contributed by atoms with E-state index in [2.05, 4.69) is 4.98 Å². The van der Waals surface area contributed by atoms with Crippen molar-refractivity contribution < 1.29 is 14.3 Å². The SMILES string of the molecule is CCOC(=O)c1cccc2c3c([nH]c12)CCC([C@H](N)C(=O)N1CCCC1)C3. The van der Waals surface area contributed by atoms with Crippen LogP contribution >= 0.6 is 0 Å². The average molecular weight is 369 g/mol. The van der Waals surface area contributed by atoms with Gasteiger partial charge < -0.3 is 20.4 Å². The lowest BCUT2D eigenvalue weighted by Crippen LogP contribution is -2.48. The fourth-order valence-corrected chi connectivity index (χ4v) is 4.50. The normalized spacial score (nSPS) is 20.5. The molecule has 0 spiro atoms. The summed E-state index contributed by atoms with van der Waals surface area (Å²) in [5.74, 6) is -0.0805. The molecular weight excluding hydrogens is 342 g/mol. The van der Waals surface area contributed by atoms with Crippen LogP contribution in [-0.4, -0.2) is 47.5 Å². The van der Waals surface area contributed by atoms with E-state index in [0.29, 0.717) is 12.2 Å². The molecule has 0 radical (unpaired) electrons. The number of para-hydroxylation sites is 1. The number of carbonyl (C=O) groups excluding carboxylic acids is 2. The monoisotopic (exact) mass is 369 g/mol. The standard InChI is InChI=1S/C21H27N3O3/c1-2-27-21(26)15-7-5-6-14-16-12-13(8-9-17(16)23-19(14)15)18(22)20(25)24-10-3-4-11-24/h5-7,13,18,23H,2-4,8-12,22H2,1H3/t13?,18-/m0/s1. The molecule has 2 heterocycles. The molecule has 2 aliphatic rings. The summed E-state index contributed by atoms with van der Waals surface area (Å²) in [5, 5.41) is 1.04. The van der Waals surface area contributed by atoms with Gasteiger partial charge in [-0.1, -0.05) is 12.1 Å². The molecule has 1 aromatic heterocycles. The van der Waals surface area contributed by atoms with Gasteiger partial charge >= 0.3 is 5.97 Å². The molecule has 1 aliphatic carbocycles. The number of hydrogen-bond acceptors (Lipinski definition) is 4. The summed E-state index contributed by atoms with van der Waals surface area (Å²) in [4.78, 5) is 30.3. The molecule has 0 bridgehead atoms. The van der Waals surface area contributed by atoms with E-state index in [9.17, 15) is 9.59 Å². The van der Waals surface area contributed by atoms with Crippen LogP contribution in [0.4, 0.5) is 0 Å². The third-order valence-electron chi connectivity index (χ3n) is 5.97. The number of aromatic nitrogens is 1. The van der Waals surface area contributed by atoms with Gasteiger partial charge in [-0.15, -0.1) is 0 Å². The number of ether oxygens (including phenoxy) is 1. The molecule has 3 N–H and O–H groups in total. The number of amides is 1. The Labute approximate surface area is 159 Å². The van der Waals surface area contributed by atoms with Crippen LogP contribution in [0, 0.1) is 5.92 Å². The second-order valence-electron chi connectivity index (χ2n) is 7.59. The topological polar surface area (TPSA) is 88.4 Å². The highest BCUT2D eigenvalue weighted by atomic mass is 16.5. The van der Waals surface area contributed by atoms with E-state index in [4.69, 9.17) is 10.5 Å². The van der Waals surface area contributed by atoms with Gasteiger partial charge in [-0.05, 0) is 56.6 Å². The minimum atomic E-state index is -0.450. The van der Waals surface area contributed by atoms with Crippen molar-refractivity contribution in [2.75, 3.05) is 19.7 Å². The van der Waals surface area contributed by atoms with Crippen molar-refractivity contribution in [3.8, 4) is 0 Å². The molecule has 1 fully saturated rings. The summed E-state index contributed by atoms with van der Waals surface area (Å²) < 4.78 is 5.19. The molecule has 2 atom stereocenters. The summed E-state index contributed by atoms with van der Waals surface area (Å²) in [6.45, 7) is 3.83. The quantitative estimate of drug-likeness (QED) is 0.810. The van der Waals surface area contributed by atoms with Crippen molar-refractivity contribution in [2.24, 2.45) is 11.7 Å². The Balaban J connectivity index is 1.60. The zero-order valence-electron chi connectivity index (χ0n) is 15.8. The Morgan fingerprint density at radius 3 is 2.85 bits per heavy atom. The maximum atomic E-state index is 12.7. The lowest BCUT2D eigenvalue weighted by Gasteiger charge is -2.30. The Bertz CT molecular complexity index is 867. The van der Waals surface area contributed by atoms with Crippen LogP contribution in [0.1, 0.15) is 47.8 Å². The molecule has 6 heteroatoms. The van der Waals surface area contributed by atoms with Crippen molar-refractivity contribution in [2.45, 2.75) is 45.1 Å². The summed E-state index contributed by atoms with van der Waals surface area (Å²) in [6.07, 6.45) is 4.65. The first-order valence-electron chi connectivity index (χ1n) is 9.94. The highest BCUT2D eigenvalue weighted by Gasteiger charge is 2.33. The van der Waals surface area contributed by atoms with Crippen molar-refractivity contribution in [1.29, 1.82) is 0 Å². The number of nitrogens with one attached hydrogen (secondary N) is 1. The summed E-state index contributed by atoms with van der Waals surface area (Å²) in [5.41, 5.74) is 10.1. The second kappa shape index (κ2) is 7.35. The molecule has 0 saturated carbocycles. The summed E-state index contributed by atoms with van der Waals surface area (Å²) in [6, 6.07) is 5.27. The fourth-order valence-electron chi connectivity index (χ4n) is 4.50. The van der Waals surface area contributed by atoms with Crippen LogP contribution in [0.2, 0.25) is 0 Å². The van der Waals surface area contributed by atoms with Gasteiger partial charge in [-0.3, -0.25) is 4.79 Å². The smallest absolute Gasteiger partial charge is 0.340 e. The van der Waals surface area contributed by atoms with Crippen molar-refractivity contribution in [3.05, 3.63) is 35.0 Å². The predicted octanol–water partition coefficient (Wildman–Crippen LogP) is 2.40. The number of aromatic amines is 1. The Hall–Kier alpha value is -2.34. The zero-order valence-corrected chi connectivity index (χ0v) is 15.8. The minimum Gasteiger partial charge on any atom is -0.462 e. The van der Waals surface area contributed by atoms with Gasteiger partial charge in [0, 0.05) is 24.2 Å². The third kappa shape index (κ3) is 3.23. The second-order valence-corrected chi connectivity index (χ2v) is 7.59. The number of hydrogen-bond donors (Lipinski definition) is 2. The molecule has 1 amide bonds. The minimum absolute atomic E-state index is 0.0907. The highest BCUT2D eigenvalue weighted by molar-refractivity contribution is 6.04. The predicted molar refractivity (Wildman–Crippen MR) is 104 cm³/mol. The van der Waals surface area contributed by atoms with Gasteiger partial charge in [-0.25, -0.2) is 4.79 Å². The van der Waals surface area contributed by atoms with E-state index in [1.807, 2.05) is 17.0 Å². The highest BCUT2D eigenvalue weighted by Crippen LogP contribution is 2.34. The largest absolute Gasteiger partial charge is 0.462 e. The van der Waals surface area contributed by atoms with Crippen LogP contribution in [0.15, 0.2) is 18.2 Å². The van der Waals surface area contributed by atoms with Gasteiger partial charge in [-0.2, -0.15) is 0 Å². The van der Waals surface area contributed by atoms with Gasteiger partial charge in [0.2, 0.25) is 5.91 Å². The van der Waals surface area contributed by atoms with Gasteiger partial charge in [0.25, 0.3) is 0 Å². The molecule has 1 unspecified atom stereocenters. The first-order valence-corrected chi connectivity index (χ1v) is 9.94. The molecule has 1 saturated heterocycles. The summed E-state index contributed by atoms with van der Waals surface area (Å²) >= 11 is 0. The number of benzene rings is 1. The maximum absolute atomic E-state index is 12.7. The molecule has 1 aromatic carbocycles. The van der Waals surface area contributed by atoms with Crippen molar-refractivity contribution in [1.82, 2.24) is 9.88 Å². The van der Waals surface area contributed by atoms with Crippen LogP contribution in [0.3, 0.4) is 0 Å². The molecular formula is C21H27N3O3. The number of likely N-dealkylation sites (tertiary alicyclic amines) is 1. The van der Waals surface area contributed by atoms with Crippen molar-refractivity contribution in [3.63, 3.8) is 0 Å². The van der Waals surface area contributed by atoms with Crippen LogP contribution in [0.25, 0.3) is 10.9 Å². The Morgan fingerprint density at radius 2 is 2.11 bits per heavy atom. The molecule has 1 aliphatic heterocycles. The molecule has 4 rings (SSSR count). The maximum Gasteiger partial charge on any atom is 0.340 e. The fraction of sp³-hybridized carbons (Fsp3) is 0.524. The lowest BCUT2D eigenvalue weighted by atomic mass is 9.81. The number of fused-ring (bicyclic) bond motifs is 3. The number of esters is 1. The number of nitrogens with two attached hydrogens (primary N) is 1. The summed E-state index contributed by atoms with van der Waals surface area (Å²) in [7, 11) is 0. The van der Waals surface area contributed by atoms with Crippen molar-refractivity contribution >= 4 is 22.8 Å². The van der Waals surface area contributed by atoms with E-state index in [1.165, 1.54) is 5.56 Å². The molecule has 27 heavy (non-hydrogen) atoms. The zero-order chi connectivity index (χ0) is 19.0. The Kier molecular flexibility index (Phi) is 4.91. The van der Waals surface area contributed by atoms with E-state index < -0.39 is 6.04 Å². The number of rotatable bonds is 4. The van der Waals surface area contributed by atoms with E-state index >= 15 is 0 Å². The number of carbonyl (C=O) groups is 2. The first-order chi connectivity index (χ1) is 13.1. The number of H-pyrrole nitrogens is 1. The third-order valence-corrected chi connectivity index (χ3v) is 5.97. The van der Waals surface area contributed by atoms with Gasteiger partial charge in [0.05, 0.1) is 23.7 Å². The van der Waals surface area contributed by atoms with E-state index in [-0.39, 0.29) is 17.8 Å². The molecule has 6 nitrogen and oxygen atoms in total. The van der Waals surface area contributed by atoms with E-state index in [0.717, 1.165) is 61.8 Å². The van der Waals surface area contributed by atoms with Crippen LogP contribution in [0.5, 0.6) is 0 Å². The van der Waals surface area contributed by atoms with Crippen LogP contribution in [-0.2, 0) is 22.4 Å². The van der Waals surface area contributed by atoms with E-state index in [1.54, 1.807) is 13.0 Å². The Morgan fingerprint density at radius 1 is 1.33 bits per heavy atom. The van der Waals surface area contributed by atoms with Gasteiger partial charge in [0.1, 0.15) is 0 Å². The lowest BCUT2D eigenvalue weighted by molar-refractivity contribution is -0.132. The van der Waals surface area contributed by atoms with Gasteiger partial charge in [0.15, 0.2) is 0 Å². The first kappa shape index (κ1) is 18.0. The molecule has 144 valence electrons. The number of aryl methyl sites for hydroxylation is 1. The van der Waals surface area contributed by atoms with Crippen LogP contribution < -0.4 is 5.73 Å². The number of nitrogens with zero attached hydrogens (tertiary/aromatic N) is 1. The molecule has 2 aromatic rings. The average Bonchev–Trinajstić information content (AvgIpc) is 3.34.